The minimum Gasteiger partial charge on any atom is -0.371 e. The molecule has 2 N–H and O–H groups in total. The molecule has 2 aromatic carbocycles. The highest BCUT2D eigenvalue weighted by molar-refractivity contribution is 8.06. The number of hydrogen-bond acceptors (Lipinski definition) is 4. The first kappa shape index (κ1) is 13.0. The van der Waals surface area contributed by atoms with Crippen LogP contribution in [-0.4, -0.2) is 24.1 Å². The molecular formula is C12H10ClNO3S. The van der Waals surface area contributed by atoms with E-state index in [2.05, 4.69) is 0 Å². The molecule has 0 radical (unpaired) electrons. The number of alkyl halides is 1. The Morgan fingerprint density at radius 2 is 1.78 bits per heavy atom. The van der Waals surface area contributed by atoms with Gasteiger partial charge in [-0.05, 0) is 11.5 Å². The number of hydrogen-bond donors (Lipinski definition) is 2. The van der Waals surface area contributed by atoms with E-state index in [1.807, 2.05) is 0 Å². The second-order valence-electron chi connectivity index (χ2n) is 3.68. The van der Waals surface area contributed by atoms with Gasteiger partial charge in [0.05, 0.1) is 4.90 Å². The molecule has 0 saturated carbocycles. The predicted octanol–water partition coefficient (Wildman–Crippen LogP) is 2.15. The number of fused-ring (bicyclic) bond motifs is 1. The van der Waals surface area contributed by atoms with Crippen LogP contribution in [0, 0.1) is 5.41 Å². The highest BCUT2D eigenvalue weighted by Crippen LogP contribution is 2.25. The summed E-state index contributed by atoms with van der Waals surface area (Å²) in [5.74, 6) is 0. The topological polar surface area (TPSA) is 78.2 Å². The fraction of sp³-hybridized carbons (Fsp3) is 0.0833. The fourth-order valence-corrected chi connectivity index (χ4v) is 3.25. The van der Waals surface area contributed by atoms with Gasteiger partial charge in [-0.25, -0.2) is 8.42 Å². The molecule has 2 aromatic rings. The number of sulfone groups is 1. The average molecular weight is 284 g/mol. The van der Waals surface area contributed by atoms with E-state index in [0.717, 1.165) is 5.39 Å². The number of halogens is 1. The molecule has 0 aliphatic carbocycles. The van der Waals surface area contributed by atoms with E-state index >= 15 is 0 Å². The first-order valence-corrected chi connectivity index (χ1v) is 7.00. The molecule has 0 spiro atoms. The van der Waals surface area contributed by atoms with E-state index in [1.165, 1.54) is 6.07 Å². The second-order valence-corrected chi connectivity index (χ2v) is 5.98. The molecule has 0 bridgehead atoms. The molecule has 0 saturated heterocycles. The Morgan fingerprint density at radius 1 is 1.17 bits per heavy atom. The van der Waals surface area contributed by atoms with E-state index < -0.39 is 20.4 Å². The Kier molecular flexibility index (Phi) is 3.38. The van der Waals surface area contributed by atoms with Gasteiger partial charge in [0.15, 0.2) is 10.6 Å². The molecule has 0 fully saturated rings. The van der Waals surface area contributed by atoms with Crippen molar-refractivity contribution < 1.29 is 13.5 Å². The Labute approximate surface area is 109 Å². The van der Waals surface area contributed by atoms with Crippen LogP contribution in [0.5, 0.6) is 0 Å². The summed E-state index contributed by atoms with van der Waals surface area (Å²) in [7, 11) is -4.06. The molecule has 0 heterocycles. The normalized spacial score (nSPS) is 13.4. The zero-order valence-electron chi connectivity index (χ0n) is 9.17. The van der Waals surface area contributed by atoms with Crippen LogP contribution in [0.25, 0.3) is 10.8 Å². The summed E-state index contributed by atoms with van der Waals surface area (Å²) in [6.45, 7) is 0. The molecular weight excluding hydrogens is 274 g/mol. The quantitative estimate of drug-likeness (QED) is 0.503. The Morgan fingerprint density at radius 3 is 2.44 bits per heavy atom. The number of aliphatic hydroxyl groups excluding tert-OH is 1. The van der Waals surface area contributed by atoms with Crippen molar-refractivity contribution in [3.63, 3.8) is 0 Å². The summed E-state index contributed by atoms with van der Waals surface area (Å²) >= 11 is 5.27. The Bertz CT molecular complexity index is 705. The number of aliphatic hydroxyl groups is 1. The van der Waals surface area contributed by atoms with E-state index in [9.17, 15) is 8.42 Å². The van der Waals surface area contributed by atoms with Crippen molar-refractivity contribution in [2.75, 3.05) is 0 Å². The van der Waals surface area contributed by atoms with Crippen LogP contribution in [0.1, 0.15) is 0 Å². The molecule has 1 unspecified atom stereocenters. The van der Waals surface area contributed by atoms with Crippen molar-refractivity contribution in [2.45, 2.75) is 10.5 Å². The lowest BCUT2D eigenvalue weighted by atomic mass is 10.1. The molecule has 18 heavy (non-hydrogen) atoms. The lowest BCUT2D eigenvalue weighted by Crippen LogP contribution is -2.23. The van der Waals surface area contributed by atoms with Crippen molar-refractivity contribution in [3.05, 3.63) is 42.5 Å². The van der Waals surface area contributed by atoms with Gasteiger partial charge in [0.25, 0.3) is 0 Å². The van der Waals surface area contributed by atoms with Gasteiger partial charge >= 0.3 is 0 Å². The molecule has 0 aromatic heterocycles. The Hall–Kier alpha value is -1.43. The molecule has 1 atom stereocenters. The SMILES string of the molecule is N=C(C(O)Cl)S(=O)(=O)c1cccc2ccccc12. The average Bonchev–Trinajstić information content (AvgIpc) is 2.36. The lowest BCUT2D eigenvalue weighted by molar-refractivity contribution is 0.321. The maximum atomic E-state index is 12.1. The third-order valence-corrected chi connectivity index (χ3v) is 4.63. The molecule has 4 nitrogen and oxygen atoms in total. The molecule has 0 amide bonds. The van der Waals surface area contributed by atoms with E-state index in [-0.39, 0.29) is 4.90 Å². The van der Waals surface area contributed by atoms with Gasteiger partial charge in [-0.2, -0.15) is 0 Å². The van der Waals surface area contributed by atoms with Crippen LogP contribution in [0.2, 0.25) is 0 Å². The molecule has 0 aliphatic rings. The predicted molar refractivity (Wildman–Crippen MR) is 70.7 cm³/mol. The minimum atomic E-state index is -4.06. The van der Waals surface area contributed by atoms with Crippen LogP contribution in [-0.2, 0) is 9.84 Å². The molecule has 2 rings (SSSR count). The highest BCUT2D eigenvalue weighted by Gasteiger charge is 2.27. The van der Waals surface area contributed by atoms with Crippen LogP contribution < -0.4 is 0 Å². The fourth-order valence-electron chi connectivity index (χ4n) is 1.68. The van der Waals surface area contributed by atoms with Gasteiger partial charge in [-0.15, -0.1) is 0 Å². The van der Waals surface area contributed by atoms with Crippen LogP contribution in [0.15, 0.2) is 47.4 Å². The van der Waals surface area contributed by atoms with Gasteiger partial charge in [0.2, 0.25) is 9.84 Å². The third kappa shape index (κ3) is 2.12. The highest BCUT2D eigenvalue weighted by atomic mass is 35.5. The third-order valence-electron chi connectivity index (χ3n) is 2.55. The zero-order chi connectivity index (χ0) is 13.3. The summed E-state index contributed by atoms with van der Waals surface area (Å²) in [6, 6.07) is 11.7. The zero-order valence-corrected chi connectivity index (χ0v) is 10.7. The maximum absolute atomic E-state index is 12.1. The monoisotopic (exact) mass is 283 g/mol. The summed E-state index contributed by atoms with van der Waals surface area (Å²) in [4.78, 5) is -0.0229. The van der Waals surface area contributed by atoms with Gasteiger partial charge in [0, 0.05) is 5.39 Å². The molecule has 6 heteroatoms. The maximum Gasteiger partial charge on any atom is 0.223 e. The van der Waals surface area contributed by atoms with Gasteiger partial charge in [-0.1, -0.05) is 48.0 Å². The number of rotatable bonds is 2. The summed E-state index contributed by atoms with van der Waals surface area (Å²) in [6.07, 6.45) is 0. The standard InChI is InChI=1S/C12H10ClNO3S/c13-11(15)12(14)18(16,17)10-7-3-5-8-4-1-2-6-9(8)10/h1-7,11,14-15H. The lowest BCUT2D eigenvalue weighted by Gasteiger charge is -2.09. The van der Waals surface area contributed by atoms with Crippen molar-refractivity contribution in [1.29, 1.82) is 5.41 Å². The van der Waals surface area contributed by atoms with Crippen LogP contribution in [0.4, 0.5) is 0 Å². The summed E-state index contributed by atoms with van der Waals surface area (Å²) in [5.41, 5.74) is -1.84. The summed E-state index contributed by atoms with van der Waals surface area (Å²) < 4.78 is 24.2. The first-order chi connectivity index (χ1) is 8.44. The van der Waals surface area contributed by atoms with Crippen molar-refractivity contribution in [3.8, 4) is 0 Å². The summed E-state index contributed by atoms with van der Waals surface area (Å²) in [5, 5.41) is 16.8. The smallest absolute Gasteiger partial charge is 0.223 e. The second kappa shape index (κ2) is 4.68. The molecule has 94 valence electrons. The van der Waals surface area contributed by atoms with Gasteiger partial charge in [-0.3, -0.25) is 5.41 Å². The number of nitrogens with one attached hydrogen (secondary N) is 1. The van der Waals surface area contributed by atoms with Gasteiger partial charge < -0.3 is 5.11 Å². The minimum absolute atomic E-state index is 0.0229. The van der Waals surface area contributed by atoms with Crippen molar-refractivity contribution in [1.82, 2.24) is 0 Å². The van der Waals surface area contributed by atoms with Crippen LogP contribution in [0.3, 0.4) is 0 Å². The number of benzene rings is 2. The van der Waals surface area contributed by atoms with E-state index in [1.54, 1.807) is 36.4 Å². The van der Waals surface area contributed by atoms with Crippen LogP contribution >= 0.6 is 11.6 Å². The van der Waals surface area contributed by atoms with Crippen molar-refractivity contribution in [2.24, 2.45) is 0 Å². The molecule has 0 aliphatic heterocycles. The van der Waals surface area contributed by atoms with E-state index in [0.29, 0.717) is 5.39 Å². The van der Waals surface area contributed by atoms with Gasteiger partial charge in [0.1, 0.15) is 0 Å². The Balaban J connectivity index is 2.73. The van der Waals surface area contributed by atoms with E-state index in [4.69, 9.17) is 22.1 Å². The first-order valence-electron chi connectivity index (χ1n) is 5.08. The largest absolute Gasteiger partial charge is 0.371 e. The van der Waals surface area contributed by atoms with Crippen molar-refractivity contribution >= 4 is 37.3 Å².